The monoisotopic (exact) mass is 306 g/mol. The van der Waals surface area contributed by atoms with Crippen LogP contribution in [0.5, 0.6) is 0 Å². The van der Waals surface area contributed by atoms with Gasteiger partial charge in [-0.05, 0) is 25.1 Å². The van der Waals surface area contributed by atoms with E-state index in [1.54, 1.807) is 7.05 Å². The van der Waals surface area contributed by atoms with Crippen LogP contribution >= 0.6 is 11.3 Å². The Balaban J connectivity index is 2.10. The molecule has 0 aliphatic heterocycles. The van der Waals surface area contributed by atoms with Gasteiger partial charge in [-0.3, -0.25) is 0 Å². The van der Waals surface area contributed by atoms with Crippen molar-refractivity contribution in [2.45, 2.75) is 6.92 Å². The number of anilines is 3. The summed E-state index contributed by atoms with van der Waals surface area (Å²) in [5.74, 6) is -0.321. The van der Waals surface area contributed by atoms with Crippen molar-refractivity contribution >= 4 is 39.0 Å². The second-order valence-corrected chi connectivity index (χ2v) is 5.74. The minimum atomic E-state index is -0.641. The van der Waals surface area contributed by atoms with Crippen LogP contribution in [-0.2, 0) is 0 Å². The van der Waals surface area contributed by atoms with Crippen molar-refractivity contribution in [1.29, 1.82) is 0 Å². The number of hydrogen-bond donors (Lipinski definition) is 2. The Hall–Kier alpha value is -2.28. The Morgan fingerprint density at radius 3 is 2.43 bits per heavy atom. The van der Waals surface area contributed by atoms with Crippen molar-refractivity contribution in [2.24, 2.45) is 0 Å². The molecule has 2 heterocycles. The Labute approximate surface area is 123 Å². The Morgan fingerprint density at radius 1 is 1.05 bits per heavy atom. The normalized spacial score (nSPS) is 10.9. The smallest absolute Gasteiger partial charge is 0.225 e. The summed E-state index contributed by atoms with van der Waals surface area (Å²) in [5, 5.41) is 6.65. The molecule has 0 atom stereocenters. The van der Waals surface area contributed by atoms with Gasteiger partial charge in [0.05, 0.1) is 5.39 Å². The van der Waals surface area contributed by atoms with Gasteiger partial charge in [-0.15, -0.1) is 11.3 Å². The van der Waals surface area contributed by atoms with Gasteiger partial charge in [0.25, 0.3) is 0 Å². The zero-order valence-electron chi connectivity index (χ0n) is 11.4. The summed E-state index contributed by atoms with van der Waals surface area (Å²) in [6.45, 7) is 1.97. The molecule has 2 aromatic heterocycles. The van der Waals surface area contributed by atoms with E-state index in [1.807, 2.05) is 13.0 Å². The van der Waals surface area contributed by atoms with E-state index in [1.165, 1.54) is 23.5 Å². The third-order valence-electron chi connectivity index (χ3n) is 2.86. The van der Waals surface area contributed by atoms with Gasteiger partial charge in [0, 0.05) is 23.7 Å². The second-order valence-electron chi connectivity index (χ2n) is 4.50. The van der Waals surface area contributed by atoms with E-state index in [9.17, 15) is 8.78 Å². The highest BCUT2D eigenvalue weighted by atomic mass is 32.1. The zero-order chi connectivity index (χ0) is 15.0. The standard InChI is InChI=1S/C14H12F2N4S/c1-7-3-11-12(19-14(17-2)20-13(11)21-7)18-10-5-8(15)4-9(16)6-10/h3-6H,1-2H3,(H2,17,18,19,20). The van der Waals surface area contributed by atoms with Crippen molar-refractivity contribution in [3.63, 3.8) is 0 Å². The van der Waals surface area contributed by atoms with E-state index < -0.39 is 11.6 Å². The highest BCUT2D eigenvalue weighted by molar-refractivity contribution is 7.18. The van der Waals surface area contributed by atoms with E-state index in [2.05, 4.69) is 20.6 Å². The molecule has 1 aromatic carbocycles. The number of benzene rings is 1. The molecule has 0 unspecified atom stereocenters. The number of aryl methyl sites for hydroxylation is 1. The van der Waals surface area contributed by atoms with Gasteiger partial charge in [-0.25, -0.2) is 13.8 Å². The number of nitrogens with one attached hydrogen (secondary N) is 2. The highest BCUT2D eigenvalue weighted by Crippen LogP contribution is 2.31. The topological polar surface area (TPSA) is 49.8 Å². The summed E-state index contributed by atoms with van der Waals surface area (Å²) in [6, 6.07) is 5.20. The van der Waals surface area contributed by atoms with Crippen molar-refractivity contribution in [3.8, 4) is 0 Å². The predicted octanol–water partition coefficient (Wildman–Crippen LogP) is 4.06. The molecule has 21 heavy (non-hydrogen) atoms. The average molecular weight is 306 g/mol. The van der Waals surface area contributed by atoms with Gasteiger partial charge < -0.3 is 10.6 Å². The molecule has 0 amide bonds. The van der Waals surface area contributed by atoms with Crippen LogP contribution in [0.3, 0.4) is 0 Å². The van der Waals surface area contributed by atoms with Crippen LogP contribution in [0.4, 0.5) is 26.2 Å². The number of thiophene rings is 1. The average Bonchev–Trinajstić information content (AvgIpc) is 2.78. The molecule has 0 bridgehead atoms. The molecule has 0 fully saturated rings. The maximum absolute atomic E-state index is 13.3. The number of hydrogen-bond acceptors (Lipinski definition) is 5. The molecular weight excluding hydrogens is 294 g/mol. The summed E-state index contributed by atoms with van der Waals surface area (Å²) in [5.41, 5.74) is 0.304. The quantitative estimate of drug-likeness (QED) is 0.766. The van der Waals surface area contributed by atoms with E-state index in [0.717, 1.165) is 21.2 Å². The molecule has 0 radical (unpaired) electrons. The van der Waals surface area contributed by atoms with Gasteiger partial charge in [0.2, 0.25) is 5.95 Å². The number of fused-ring (bicyclic) bond motifs is 1. The van der Waals surface area contributed by atoms with Gasteiger partial charge in [-0.2, -0.15) is 4.98 Å². The number of rotatable bonds is 3. The third kappa shape index (κ3) is 2.78. The lowest BCUT2D eigenvalue weighted by Gasteiger charge is -2.09. The molecule has 0 aliphatic rings. The van der Waals surface area contributed by atoms with Crippen molar-refractivity contribution in [1.82, 2.24) is 9.97 Å². The molecule has 0 saturated carbocycles. The van der Waals surface area contributed by atoms with Crippen LogP contribution in [0.25, 0.3) is 10.2 Å². The molecule has 0 spiro atoms. The van der Waals surface area contributed by atoms with Gasteiger partial charge in [-0.1, -0.05) is 0 Å². The number of halogens is 2. The Morgan fingerprint density at radius 2 is 1.76 bits per heavy atom. The molecule has 7 heteroatoms. The molecule has 0 aliphatic carbocycles. The van der Waals surface area contributed by atoms with E-state index in [0.29, 0.717) is 17.5 Å². The summed E-state index contributed by atoms with van der Waals surface area (Å²) in [7, 11) is 1.72. The molecule has 3 rings (SSSR count). The van der Waals surface area contributed by atoms with Crippen molar-refractivity contribution < 1.29 is 8.78 Å². The first-order valence-corrected chi connectivity index (χ1v) is 7.06. The zero-order valence-corrected chi connectivity index (χ0v) is 12.2. The lowest BCUT2D eigenvalue weighted by Crippen LogP contribution is -2.01. The second kappa shape index (κ2) is 5.25. The van der Waals surface area contributed by atoms with Gasteiger partial charge in [0.1, 0.15) is 22.3 Å². The fraction of sp³-hybridized carbons (Fsp3) is 0.143. The third-order valence-corrected chi connectivity index (χ3v) is 3.81. The van der Waals surface area contributed by atoms with Crippen LogP contribution in [0.2, 0.25) is 0 Å². The lowest BCUT2D eigenvalue weighted by molar-refractivity contribution is 0.584. The van der Waals surface area contributed by atoms with Gasteiger partial charge >= 0.3 is 0 Å². The fourth-order valence-electron chi connectivity index (χ4n) is 2.01. The minimum absolute atomic E-state index is 0.304. The molecule has 0 saturated heterocycles. The molecule has 4 nitrogen and oxygen atoms in total. The van der Waals surface area contributed by atoms with Gasteiger partial charge in [0.15, 0.2) is 0 Å². The first-order chi connectivity index (χ1) is 10.0. The summed E-state index contributed by atoms with van der Waals surface area (Å²) < 4.78 is 26.5. The fourth-order valence-corrected chi connectivity index (χ4v) is 2.89. The summed E-state index contributed by atoms with van der Waals surface area (Å²) in [4.78, 5) is 10.6. The van der Waals surface area contributed by atoms with Crippen LogP contribution in [0.1, 0.15) is 4.88 Å². The van der Waals surface area contributed by atoms with Crippen LogP contribution in [0, 0.1) is 18.6 Å². The molecule has 2 N–H and O–H groups in total. The summed E-state index contributed by atoms with van der Waals surface area (Å²) in [6.07, 6.45) is 0. The van der Waals surface area contributed by atoms with E-state index in [4.69, 9.17) is 0 Å². The molecule has 3 aromatic rings. The van der Waals surface area contributed by atoms with E-state index >= 15 is 0 Å². The lowest BCUT2D eigenvalue weighted by atomic mass is 10.3. The Bertz CT molecular complexity index is 796. The van der Waals surface area contributed by atoms with Crippen molar-refractivity contribution in [2.75, 3.05) is 17.7 Å². The van der Waals surface area contributed by atoms with Crippen LogP contribution < -0.4 is 10.6 Å². The predicted molar refractivity (Wildman–Crippen MR) is 81.3 cm³/mol. The highest BCUT2D eigenvalue weighted by Gasteiger charge is 2.11. The maximum atomic E-state index is 13.3. The minimum Gasteiger partial charge on any atom is -0.357 e. The number of nitrogens with zero attached hydrogens (tertiary/aromatic N) is 2. The molecule has 108 valence electrons. The Kier molecular flexibility index (Phi) is 3.42. The van der Waals surface area contributed by atoms with Crippen LogP contribution in [-0.4, -0.2) is 17.0 Å². The van der Waals surface area contributed by atoms with Crippen LogP contribution in [0.15, 0.2) is 24.3 Å². The first kappa shape index (κ1) is 13.7. The first-order valence-electron chi connectivity index (χ1n) is 6.24. The van der Waals surface area contributed by atoms with Crippen molar-refractivity contribution in [3.05, 3.63) is 40.8 Å². The maximum Gasteiger partial charge on any atom is 0.225 e. The number of aromatic nitrogens is 2. The molecular formula is C14H12F2N4S. The SMILES string of the molecule is CNc1nc(Nc2cc(F)cc(F)c2)c2cc(C)sc2n1. The van der Waals surface area contributed by atoms with E-state index in [-0.39, 0.29) is 0 Å². The summed E-state index contributed by atoms with van der Waals surface area (Å²) >= 11 is 1.53. The largest absolute Gasteiger partial charge is 0.357 e.